The van der Waals surface area contributed by atoms with E-state index in [2.05, 4.69) is 33.5 Å². The molecule has 2 heterocycles. The minimum atomic E-state index is 0.487. The molecule has 0 fully saturated rings. The summed E-state index contributed by atoms with van der Waals surface area (Å²) >= 11 is 0. The van der Waals surface area contributed by atoms with E-state index in [0.29, 0.717) is 18.2 Å². The molecule has 0 amide bonds. The molecule has 0 aliphatic rings. The molecule has 0 bridgehead atoms. The Morgan fingerprint density at radius 1 is 0.781 bits per heavy atom. The number of aryl methyl sites for hydroxylation is 1. The van der Waals surface area contributed by atoms with Crippen LogP contribution < -0.4 is 21.5 Å². The number of unbranched alkanes of at least 4 members (excludes halogenated alkanes) is 1. The first kappa shape index (κ1) is 21.6. The summed E-state index contributed by atoms with van der Waals surface area (Å²) in [5.74, 6) is 1.97. The second-order valence-corrected chi connectivity index (χ2v) is 7.89. The minimum Gasteiger partial charge on any atom is -0.489 e. The number of benzene rings is 2. The number of hydrogen-bond acceptors (Lipinski definition) is 6. The molecular weight excluding hydrogens is 398 g/mol. The van der Waals surface area contributed by atoms with Crippen LogP contribution in [0.5, 0.6) is 5.75 Å². The minimum absolute atomic E-state index is 0.487. The molecule has 5 N–H and O–H groups in total. The smallest absolute Gasteiger partial charge is 0.124 e. The van der Waals surface area contributed by atoms with Gasteiger partial charge in [-0.05, 0) is 79.4 Å². The molecule has 0 saturated heterocycles. The number of rotatable bonds is 10. The van der Waals surface area contributed by atoms with Crippen LogP contribution in [-0.2, 0) is 19.6 Å². The first-order valence-corrected chi connectivity index (χ1v) is 10.9. The Morgan fingerprint density at radius 2 is 1.62 bits per heavy atom. The van der Waals surface area contributed by atoms with Crippen molar-refractivity contribution in [2.24, 2.45) is 0 Å². The van der Waals surface area contributed by atoms with Gasteiger partial charge in [0.25, 0.3) is 0 Å². The molecule has 0 aliphatic carbocycles. The molecule has 0 atom stereocenters. The number of nitrogen functional groups attached to an aromatic ring is 2. The lowest BCUT2D eigenvalue weighted by Crippen LogP contribution is -2.15. The molecule has 0 radical (unpaired) electrons. The molecule has 0 spiro atoms. The fourth-order valence-electron chi connectivity index (χ4n) is 3.61. The molecule has 32 heavy (non-hydrogen) atoms. The predicted molar refractivity (Wildman–Crippen MR) is 130 cm³/mol. The van der Waals surface area contributed by atoms with Crippen LogP contribution in [0.1, 0.15) is 29.7 Å². The van der Waals surface area contributed by atoms with Crippen molar-refractivity contribution < 1.29 is 4.74 Å². The van der Waals surface area contributed by atoms with Gasteiger partial charge in [-0.3, -0.25) is 0 Å². The van der Waals surface area contributed by atoms with Gasteiger partial charge in [-0.2, -0.15) is 0 Å². The van der Waals surface area contributed by atoms with E-state index >= 15 is 0 Å². The Morgan fingerprint density at radius 3 is 2.53 bits per heavy atom. The topological polar surface area (TPSA) is 99.1 Å². The van der Waals surface area contributed by atoms with Crippen LogP contribution in [-0.4, -0.2) is 16.5 Å². The van der Waals surface area contributed by atoms with Gasteiger partial charge in [0, 0.05) is 17.6 Å². The van der Waals surface area contributed by atoms with Gasteiger partial charge >= 0.3 is 0 Å². The van der Waals surface area contributed by atoms with Crippen molar-refractivity contribution in [1.29, 1.82) is 0 Å². The normalized spacial score (nSPS) is 11.0. The largest absolute Gasteiger partial charge is 0.489 e. The maximum Gasteiger partial charge on any atom is 0.124 e. The predicted octanol–water partition coefficient (Wildman–Crippen LogP) is 4.49. The summed E-state index contributed by atoms with van der Waals surface area (Å²) in [7, 11) is 0. The average Bonchev–Trinajstić information content (AvgIpc) is 2.80. The maximum atomic E-state index is 6.01. The van der Waals surface area contributed by atoms with Crippen molar-refractivity contribution in [2.45, 2.75) is 32.4 Å². The standard InChI is InChI=1S/C26H29N5O/c27-25-9-4-7-22(30-25)6-1-2-14-29-17-19-5-3-8-23(15-19)32-18-20-10-11-21-12-13-26(28)31-24(21)16-20/h3-5,7-13,15-16,29H,1-2,6,14,17-18H2,(H2,27,30)(H2,28,31). The third-order valence-electron chi connectivity index (χ3n) is 5.28. The van der Waals surface area contributed by atoms with E-state index in [1.54, 1.807) is 0 Å². The number of nitrogens with one attached hydrogen (secondary N) is 1. The van der Waals surface area contributed by atoms with Crippen LogP contribution >= 0.6 is 0 Å². The lowest BCUT2D eigenvalue weighted by atomic mass is 10.1. The quantitative estimate of drug-likeness (QED) is 0.323. The fourth-order valence-corrected chi connectivity index (χ4v) is 3.61. The van der Waals surface area contributed by atoms with E-state index in [-0.39, 0.29) is 0 Å². The highest BCUT2D eigenvalue weighted by atomic mass is 16.5. The Balaban J connectivity index is 1.21. The summed E-state index contributed by atoms with van der Waals surface area (Å²) in [5, 5.41) is 4.57. The van der Waals surface area contributed by atoms with Crippen LogP contribution in [0.2, 0.25) is 0 Å². The zero-order chi connectivity index (χ0) is 22.2. The van der Waals surface area contributed by atoms with Gasteiger partial charge in [0.15, 0.2) is 0 Å². The van der Waals surface area contributed by atoms with E-state index in [1.807, 2.05) is 54.6 Å². The highest BCUT2D eigenvalue weighted by Gasteiger charge is 2.02. The van der Waals surface area contributed by atoms with E-state index < -0.39 is 0 Å². The van der Waals surface area contributed by atoms with Crippen LogP contribution in [0.25, 0.3) is 10.9 Å². The summed E-state index contributed by atoms with van der Waals surface area (Å²) in [6.45, 7) is 2.26. The number of anilines is 2. The number of aromatic nitrogens is 2. The summed E-state index contributed by atoms with van der Waals surface area (Å²) in [4.78, 5) is 8.73. The molecule has 4 aromatic rings. The second kappa shape index (κ2) is 10.6. The summed E-state index contributed by atoms with van der Waals surface area (Å²) in [6, 6.07) is 23.9. The third-order valence-corrected chi connectivity index (χ3v) is 5.28. The summed E-state index contributed by atoms with van der Waals surface area (Å²) < 4.78 is 6.01. The number of hydrogen-bond donors (Lipinski definition) is 3. The van der Waals surface area contributed by atoms with Crippen molar-refractivity contribution in [3.8, 4) is 5.75 Å². The monoisotopic (exact) mass is 427 g/mol. The molecule has 2 aromatic carbocycles. The molecular formula is C26H29N5O. The van der Waals surface area contributed by atoms with Gasteiger partial charge < -0.3 is 21.5 Å². The van der Waals surface area contributed by atoms with Gasteiger partial charge in [-0.25, -0.2) is 9.97 Å². The van der Waals surface area contributed by atoms with Crippen LogP contribution in [0, 0.1) is 0 Å². The Hall–Kier alpha value is -3.64. The zero-order valence-corrected chi connectivity index (χ0v) is 18.1. The van der Waals surface area contributed by atoms with E-state index in [0.717, 1.165) is 60.3 Å². The maximum absolute atomic E-state index is 6.01. The number of nitrogens with two attached hydrogens (primary N) is 2. The number of pyridine rings is 2. The molecule has 164 valence electrons. The summed E-state index contributed by atoms with van der Waals surface area (Å²) in [5.41, 5.74) is 15.7. The van der Waals surface area contributed by atoms with Gasteiger partial charge in [-0.15, -0.1) is 0 Å². The molecule has 2 aromatic heterocycles. The van der Waals surface area contributed by atoms with Gasteiger partial charge in [0.2, 0.25) is 0 Å². The Kier molecular flexibility index (Phi) is 7.15. The SMILES string of the molecule is Nc1cccc(CCCCNCc2cccc(OCc3ccc4ccc(N)nc4c3)c2)n1. The first-order chi connectivity index (χ1) is 15.7. The highest BCUT2D eigenvalue weighted by molar-refractivity contribution is 5.80. The number of nitrogens with zero attached hydrogens (tertiary/aromatic N) is 2. The molecule has 4 rings (SSSR count). The van der Waals surface area contributed by atoms with Gasteiger partial charge in [-0.1, -0.05) is 30.3 Å². The Labute approximate surface area is 188 Å². The third kappa shape index (κ3) is 6.18. The van der Waals surface area contributed by atoms with Crippen LogP contribution in [0.4, 0.5) is 11.6 Å². The number of ether oxygens (including phenoxy) is 1. The second-order valence-electron chi connectivity index (χ2n) is 7.89. The molecule has 0 aliphatic heterocycles. The Bertz CT molecular complexity index is 1180. The van der Waals surface area contributed by atoms with Crippen molar-refractivity contribution in [1.82, 2.24) is 15.3 Å². The molecule has 6 nitrogen and oxygen atoms in total. The zero-order valence-electron chi connectivity index (χ0n) is 18.1. The van der Waals surface area contributed by atoms with Crippen molar-refractivity contribution in [3.05, 3.63) is 89.6 Å². The fraction of sp³-hybridized carbons (Fsp3) is 0.231. The van der Waals surface area contributed by atoms with Crippen molar-refractivity contribution >= 4 is 22.5 Å². The van der Waals surface area contributed by atoms with E-state index in [4.69, 9.17) is 16.2 Å². The van der Waals surface area contributed by atoms with Crippen molar-refractivity contribution in [2.75, 3.05) is 18.0 Å². The van der Waals surface area contributed by atoms with Crippen molar-refractivity contribution in [3.63, 3.8) is 0 Å². The molecule has 6 heteroatoms. The van der Waals surface area contributed by atoms with E-state index in [9.17, 15) is 0 Å². The van der Waals surface area contributed by atoms with Gasteiger partial charge in [0.1, 0.15) is 24.0 Å². The van der Waals surface area contributed by atoms with Gasteiger partial charge in [0.05, 0.1) is 5.52 Å². The van der Waals surface area contributed by atoms with E-state index in [1.165, 1.54) is 5.56 Å². The lowest BCUT2D eigenvalue weighted by molar-refractivity contribution is 0.306. The van der Waals surface area contributed by atoms with Crippen LogP contribution in [0.15, 0.2) is 72.8 Å². The highest BCUT2D eigenvalue weighted by Crippen LogP contribution is 2.19. The summed E-state index contributed by atoms with van der Waals surface area (Å²) in [6.07, 6.45) is 3.12. The molecule has 0 saturated carbocycles. The molecule has 0 unspecified atom stereocenters. The lowest BCUT2D eigenvalue weighted by Gasteiger charge is -2.10. The average molecular weight is 428 g/mol. The first-order valence-electron chi connectivity index (χ1n) is 10.9. The van der Waals surface area contributed by atoms with Crippen LogP contribution in [0.3, 0.4) is 0 Å². The number of fused-ring (bicyclic) bond motifs is 1.